The number of hydrogen-bond acceptors (Lipinski definition) is 7. The third-order valence-corrected chi connectivity index (χ3v) is 4.29. The van der Waals surface area contributed by atoms with Gasteiger partial charge in [0.2, 0.25) is 10.0 Å². The number of hydrogen-bond donors (Lipinski definition) is 2. The summed E-state index contributed by atoms with van der Waals surface area (Å²) in [5, 5.41) is 3.29. The monoisotopic (exact) mass is 406 g/mol. The molecule has 0 bridgehead atoms. The van der Waals surface area contributed by atoms with Crippen LogP contribution in [0, 0.1) is 0 Å². The van der Waals surface area contributed by atoms with E-state index in [2.05, 4.69) is 20.0 Å². The van der Waals surface area contributed by atoms with E-state index in [1.165, 1.54) is 13.2 Å². The number of para-hydroxylation sites is 2. The average Bonchev–Trinajstić information content (AvgIpc) is 2.61. The molecule has 0 spiro atoms. The van der Waals surface area contributed by atoms with Gasteiger partial charge in [0.1, 0.15) is 0 Å². The Hall–Kier alpha value is -2.91. The van der Waals surface area contributed by atoms with Gasteiger partial charge in [-0.05, 0) is 30.3 Å². The molecule has 0 unspecified atom stereocenters. The van der Waals surface area contributed by atoms with Gasteiger partial charge in [0, 0.05) is 5.02 Å². The van der Waals surface area contributed by atoms with Crippen LogP contribution in [0.2, 0.25) is 5.02 Å². The van der Waals surface area contributed by atoms with E-state index in [9.17, 15) is 13.2 Å². The van der Waals surface area contributed by atoms with Crippen LogP contribution in [-0.4, -0.2) is 37.7 Å². The second kappa shape index (κ2) is 7.37. The average molecular weight is 407 g/mol. The predicted molar refractivity (Wildman–Crippen MR) is 104 cm³/mol. The van der Waals surface area contributed by atoms with Crippen molar-refractivity contribution in [2.45, 2.75) is 0 Å². The number of benzene rings is 2. The van der Waals surface area contributed by atoms with Crippen LogP contribution in [0.5, 0.6) is 0 Å². The number of nitrogens with zero attached hydrogens (tertiary/aromatic N) is 2. The topological polar surface area (TPSA) is 110 Å². The number of fused-ring (bicyclic) bond motifs is 1. The number of anilines is 3. The van der Waals surface area contributed by atoms with Crippen LogP contribution in [0.3, 0.4) is 0 Å². The van der Waals surface area contributed by atoms with E-state index >= 15 is 0 Å². The molecular formula is C17H15ClN4O4S. The van der Waals surface area contributed by atoms with Gasteiger partial charge in [0.05, 0.1) is 35.6 Å². The number of halogens is 1. The van der Waals surface area contributed by atoms with Crippen molar-refractivity contribution >= 4 is 56.0 Å². The first-order valence-corrected chi connectivity index (χ1v) is 9.93. The first-order chi connectivity index (χ1) is 12.8. The Bertz CT molecular complexity index is 1130. The molecule has 3 aromatic rings. The van der Waals surface area contributed by atoms with Crippen LogP contribution >= 0.6 is 11.6 Å². The zero-order chi connectivity index (χ0) is 19.6. The van der Waals surface area contributed by atoms with Crippen molar-refractivity contribution in [3.05, 3.63) is 53.1 Å². The second-order valence-corrected chi connectivity index (χ2v) is 7.78. The maximum atomic E-state index is 12.0. The number of rotatable bonds is 5. The summed E-state index contributed by atoms with van der Waals surface area (Å²) in [4.78, 5) is 20.8. The van der Waals surface area contributed by atoms with Crippen LogP contribution < -0.4 is 10.0 Å². The van der Waals surface area contributed by atoms with Gasteiger partial charge in [-0.2, -0.15) is 0 Å². The zero-order valence-electron chi connectivity index (χ0n) is 14.4. The summed E-state index contributed by atoms with van der Waals surface area (Å²) in [6, 6.07) is 11.6. The second-order valence-electron chi connectivity index (χ2n) is 5.59. The van der Waals surface area contributed by atoms with Crippen LogP contribution in [0.15, 0.2) is 42.5 Å². The number of esters is 1. The SMILES string of the molecule is COC(=O)c1cc(Cl)ccc1Nc1nc2ccccc2nc1NS(C)(=O)=O. The molecule has 0 fully saturated rings. The van der Waals surface area contributed by atoms with E-state index in [1.807, 2.05) is 0 Å². The quantitative estimate of drug-likeness (QED) is 0.626. The Balaban J connectivity index is 2.13. The molecule has 0 aliphatic heterocycles. The van der Waals surface area contributed by atoms with Crippen molar-refractivity contribution in [1.82, 2.24) is 9.97 Å². The Morgan fingerprint density at radius 2 is 1.70 bits per heavy atom. The fraction of sp³-hybridized carbons (Fsp3) is 0.118. The van der Waals surface area contributed by atoms with E-state index in [4.69, 9.17) is 16.3 Å². The molecule has 0 atom stereocenters. The van der Waals surface area contributed by atoms with Crippen molar-refractivity contribution in [3.63, 3.8) is 0 Å². The molecule has 0 radical (unpaired) electrons. The molecule has 2 N–H and O–H groups in total. The molecule has 0 amide bonds. The van der Waals surface area contributed by atoms with Gasteiger partial charge < -0.3 is 10.1 Å². The number of aromatic nitrogens is 2. The summed E-state index contributed by atoms with van der Waals surface area (Å²) >= 11 is 5.96. The minimum Gasteiger partial charge on any atom is -0.465 e. The third kappa shape index (κ3) is 4.44. The molecule has 0 aliphatic carbocycles. The lowest BCUT2D eigenvalue weighted by Gasteiger charge is -2.14. The Morgan fingerprint density at radius 1 is 1.07 bits per heavy atom. The Kier molecular flexibility index (Phi) is 5.15. The van der Waals surface area contributed by atoms with Crippen molar-refractivity contribution in [2.75, 3.05) is 23.4 Å². The third-order valence-electron chi connectivity index (χ3n) is 3.49. The molecule has 0 saturated heterocycles. The summed E-state index contributed by atoms with van der Waals surface area (Å²) in [5.41, 5.74) is 1.57. The summed E-state index contributed by atoms with van der Waals surface area (Å²) in [7, 11) is -2.35. The lowest BCUT2D eigenvalue weighted by molar-refractivity contribution is 0.0602. The molecule has 3 rings (SSSR count). The summed E-state index contributed by atoms with van der Waals surface area (Å²) in [5.74, 6) is -0.472. The highest BCUT2D eigenvalue weighted by molar-refractivity contribution is 7.92. The normalized spacial score (nSPS) is 11.2. The van der Waals surface area contributed by atoms with Crippen molar-refractivity contribution in [1.29, 1.82) is 0 Å². The molecule has 27 heavy (non-hydrogen) atoms. The Labute approximate surface area is 160 Å². The van der Waals surface area contributed by atoms with Crippen LogP contribution in [0.1, 0.15) is 10.4 Å². The smallest absolute Gasteiger partial charge is 0.340 e. The van der Waals surface area contributed by atoms with Gasteiger partial charge in [-0.15, -0.1) is 0 Å². The Morgan fingerprint density at radius 3 is 2.30 bits per heavy atom. The fourth-order valence-electron chi connectivity index (χ4n) is 2.37. The van der Waals surface area contributed by atoms with Crippen molar-refractivity contribution in [2.24, 2.45) is 0 Å². The lowest BCUT2D eigenvalue weighted by Crippen LogP contribution is -2.14. The van der Waals surface area contributed by atoms with Gasteiger partial charge >= 0.3 is 5.97 Å². The lowest BCUT2D eigenvalue weighted by atomic mass is 10.1. The first-order valence-electron chi connectivity index (χ1n) is 7.66. The van der Waals surface area contributed by atoms with Crippen LogP contribution in [0.4, 0.5) is 17.3 Å². The zero-order valence-corrected chi connectivity index (χ0v) is 15.9. The van der Waals surface area contributed by atoms with Crippen molar-refractivity contribution < 1.29 is 17.9 Å². The highest BCUT2D eigenvalue weighted by Gasteiger charge is 2.17. The van der Waals surface area contributed by atoms with Gasteiger partial charge in [-0.1, -0.05) is 23.7 Å². The molecule has 0 aliphatic rings. The number of methoxy groups -OCH3 is 1. The predicted octanol–water partition coefficient (Wildman–Crippen LogP) is 3.18. The molecular weight excluding hydrogens is 392 g/mol. The molecule has 1 heterocycles. The van der Waals surface area contributed by atoms with Gasteiger partial charge in [-0.3, -0.25) is 4.72 Å². The maximum Gasteiger partial charge on any atom is 0.340 e. The van der Waals surface area contributed by atoms with E-state index in [0.717, 1.165) is 6.26 Å². The maximum absolute atomic E-state index is 12.0. The summed E-state index contributed by atoms with van der Waals surface area (Å²) < 4.78 is 30.5. The van der Waals surface area contributed by atoms with Gasteiger partial charge in [0.25, 0.3) is 0 Å². The highest BCUT2D eigenvalue weighted by atomic mass is 35.5. The molecule has 1 aromatic heterocycles. The minimum absolute atomic E-state index is 0.00182. The molecule has 8 nitrogen and oxygen atoms in total. The fourth-order valence-corrected chi connectivity index (χ4v) is 3.03. The molecule has 10 heteroatoms. The number of carbonyl (C=O) groups excluding carboxylic acids is 1. The highest BCUT2D eigenvalue weighted by Crippen LogP contribution is 2.29. The minimum atomic E-state index is -3.60. The van der Waals surface area contributed by atoms with Crippen LogP contribution in [0.25, 0.3) is 11.0 Å². The number of sulfonamides is 1. The summed E-state index contributed by atoms with van der Waals surface area (Å²) in [6.45, 7) is 0. The number of carbonyl (C=O) groups is 1. The van der Waals surface area contributed by atoms with Gasteiger partial charge in [-0.25, -0.2) is 23.2 Å². The van der Waals surface area contributed by atoms with E-state index in [1.54, 1.807) is 36.4 Å². The van der Waals surface area contributed by atoms with E-state index < -0.39 is 16.0 Å². The molecule has 140 valence electrons. The standard InChI is InChI=1S/C17H15ClN4O4S/c1-26-17(23)11-9-10(18)7-8-12(11)19-15-16(22-27(2,24)25)21-14-6-4-3-5-13(14)20-15/h3-9H,1-2H3,(H,19,20)(H,21,22). The van der Waals surface area contributed by atoms with Crippen molar-refractivity contribution in [3.8, 4) is 0 Å². The molecule has 0 saturated carbocycles. The van der Waals surface area contributed by atoms with Crippen LogP contribution in [-0.2, 0) is 14.8 Å². The van der Waals surface area contributed by atoms with E-state index in [0.29, 0.717) is 21.7 Å². The number of ether oxygens (including phenoxy) is 1. The first kappa shape index (κ1) is 18.9. The van der Waals surface area contributed by atoms with E-state index in [-0.39, 0.29) is 17.2 Å². The number of nitrogens with one attached hydrogen (secondary N) is 2. The largest absolute Gasteiger partial charge is 0.465 e. The summed E-state index contributed by atoms with van der Waals surface area (Å²) in [6.07, 6.45) is 1.01. The molecule has 2 aromatic carbocycles. The van der Waals surface area contributed by atoms with Gasteiger partial charge in [0.15, 0.2) is 11.6 Å².